The van der Waals surface area contributed by atoms with Gasteiger partial charge in [0.25, 0.3) is 0 Å². The molecule has 2 saturated heterocycles. The highest BCUT2D eigenvalue weighted by atomic mass is 16.5. The van der Waals surface area contributed by atoms with Gasteiger partial charge in [-0.3, -0.25) is 24.1 Å². The molecule has 2 fully saturated rings. The first-order valence-corrected chi connectivity index (χ1v) is 12.2. The molecule has 0 N–H and O–H groups in total. The number of Topliss-reactive ketones (excluding diaryl/α,β-unsaturated/α-hetero) is 2. The monoisotopic (exact) mass is 479 g/mol. The quantitative estimate of drug-likeness (QED) is 0.416. The first-order chi connectivity index (χ1) is 17.3. The van der Waals surface area contributed by atoms with Gasteiger partial charge in [0.1, 0.15) is 0 Å². The van der Waals surface area contributed by atoms with E-state index in [0.29, 0.717) is 12.0 Å². The second-order valence-electron chi connectivity index (χ2n) is 9.98. The molecule has 0 unspecified atom stereocenters. The van der Waals surface area contributed by atoms with Crippen molar-refractivity contribution in [1.29, 1.82) is 0 Å². The predicted octanol–water partition coefficient (Wildman–Crippen LogP) is 4.12. The van der Waals surface area contributed by atoms with Crippen molar-refractivity contribution in [2.24, 2.45) is 11.8 Å². The number of amides is 2. The van der Waals surface area contributed by atoms with Crippen molar-refractivity contribution < 1.29 is 23.9 Å². The largest absolute Gasteiger partial charge is 0.349 e. The van der Waals surface area contributed by atoms with E-state index in [0.717, 1.165) is 11.1 Å². The van der Waals surface area contributed by atoms with E-state index in [2.05, 4.69) is 0 Å². The molecular formula is C30H25NO5. The summed E-state index contributed by atoms with van der Waals surface area (Å²) in [5.74, 6) is -4.15. The van der Waals surface area contributed by atoms with E-state index in [1.807, 2.05) is 68.4 Å². The molecule has 3 aromatic rings. The maximum atomic E-state index is 14.0. The summed E-state index contributed by atoms with van der Waals surface area (Å²) in [5, 5.41) is 0. The van der Waals surface area contributed by atoms with Gasteiger partial charge in [-0.1, -0.05) is 84.4 Å². The lowest BCUT2D eigenvalue weighted by molar-refractivity contribution is -0.147. The maximum Gasteiger partial charge on any atom is 0.237 e. The Bertz CT molecular complexity index is 1390. The highest BCUT2D eigenvalue weighted by Crippen LogP contribution is 2.57. The van der Waals surface area contributed by atoms with Crippen molar-refractivity contribution in [3.63, 3.8) is 0 Å². The van der Waals surface area contributed by atoms with Gasteiger partial charge in [-0.15, -0.1) is 0 Å². The number of carbonyl (C=O) groups excluding carboxylic acids is 4. The second kappa shape index (κ2) is 8.07. The molecule has 3 aromatic carbocycles. The van der Waals surface area contributed by atoms with Crippen LogP contribution in [-0.2, 0) is 20.7 Å². The van der Waals surface area contributed by atoms with Gasteiger partial charge in [0, 0.05) is 17.2 Å². The molecule has 3 aliphatic rings. The van der Waals surface area contributed by atoms with Crippen LogP contribution in [0.2, 0.25) is 0 Å². The summed E-state index contributed by atoms with van der Waals surface area (Å²) in [7, 11) is 0. The number of imide groups is 1. The number of likely N-dealkylation sites (tertiary alicyclic amines) is 1. The highest BCUT2D eigenvalue weighted by Gasteiger charge is 2.74. The lowest BCUT2D eigenvalue weighted by atomic mass is 9.77. The zero-order valence-corrected chi connectivity index (χ0v) is 20.0. The van der Waals surface area contributed by atoms with E-state index >= 15 is 0 Å². The number of hydrogen-bond acceptors (Lipinski definition) is 5. The van der Waals surface area contributed by atoms with Crippen LogP contribution in [0.15, 0.2) is 78.9 Å². The molecular weight excluding hydrogens is 454 g/mol. The molecule has 6 rings (SSSR count). The number of carbonyl (C=O) groups is 4. The smallest absolute Gasteiger partial charge is 0.237 e. The molecule has 0 bridgehead atoms. The third kappa shape index (κ3) is 3.00. The van der Waals surface area contributed by atoms with Crippen LogP contribution in [0.25, 0.3) is 0 Å². The number of aryl methyl sites for hydroxylation is 1. The zero-order valence-electron chi connectivity index (χ0n) is 20.0. The standard InChI is InChI=1S/C30H25NO5/c1-17-9-8-12-20(15-17)25-23-24(30(36-25)26(32)21-13-6-7-14-22(21)27(30)33)29(35)31(28(23)34)18(2)16-19-10-4-3-5-11-19/h3-15,18,23-25H,16H2,1-2H3/t18-,23+,24-,25-/m0/s1. The Hall–Kier alpha value is -3.90. The van der Waals surface area contributed by atoms with E-state index < -0.39 is 53.0 Å². The Morgan fingerprint density at radius 1 is 0.833 bits per heavy atom. The first kappa shape index (κ1) is 22.6. The fourth-order valence-corrected chi connectivity index (χ4v) is 6.17. The molecule has 36 heavy (non-hydrogen) atoms. The summed E-state index contributed by atoms with van der Waals surface area (Å²) in [6, 6.07) is 23.2. The Kier molecular flexibility index (Phi) is 5.05. The molecule has 4 atom stereocenters. The van der Waals surface area contributed by atoms with Crippen molar-refractivity contribution in [3.05, 3.63) is 107 Å². The highest BCUT2D eigenvalue weighted by molar-refractivity contribution is 6.35. The summed E-state index contributed by atoms with van der Waals surface area (Å²) < 4.78 is 6.34. The van der Waals surface area contributed by atoms with Crippen molar-refractivity contribution in [2.75, 3.05) is 0 Å². The SMILES string of the molecule is Cc1cccc([C@@H]2OC3(C(=O)c4ccccc4C3=O)[C@@H]3C(=O)N([C@@H](C)Cc4ccccc4)C(=O)[C@H]32)c1. The molecule has 2 amide bonds. The molecule has 0 radical (unpaired) electrons. The average molecular weight is 480 g/mol. The summed E-state index contributed by atoms with van der Waals surface area (Å²) in [6.45, 7) is 3.75. The number of nitrogens with zero attached hydrogens (tertiary/aromatic N) is 1. The van der Waals surface area contributed by atoms with E-state index in [1.165, 1.54) is 4.90 Å². The number of ether oxygens (including phenoxy) is 1. The fourth-order valence-electron chi connectivity index (χ4n) is 6.17. The number of benzene rings is 3. The Morgan fingerprint density at radius 2 is 1.47 bits per heavy atom. The van der Waals surface area contributed by atoms with Crippen LogP contribution in [0.3, 0.4) is 0 Å². The van der Waals surface area contributed by atoms with Crippen LogP contribution in [-0.4, -0.2) is 39.9 Å². The molecule has 1 spiro atoms. The van der Waals surface area contributed by atoms with Crippen LogP contribution in [0.4, 0.5) is 0 Å². The number of hydrogen-bond donors (Lipinski definition) is 0. The van der Waals surface area contributed by atoms with Crippen molar-refractivity contribution in [3.8, 4) is 0 Å². The summed E-state index contributed by atoms with van der Waals surface area (Å²) in [6.07, 6.45) is -0.412. The van der Waals surface area contributed by atoms with Gasteiger partial charge < -0.3 is 4.74 Å². The lowest BCUT2D eigenvalue weighted by Crippen LogP contribution is -2.52. The van der Waals surface area contributed by atoms with Gasteiger partial charge in [-0.05, 0) is 31.4 Å². The molecule has 6 nitrogen and oxygen atoms in total. The van der Waals surface area contributed by atoms with Crippen LogP contribution >= 0.6 is 0 Å². The topological polar surface area (TPSA) is 80.8 Å². The molecule has 2 aliphatic heterocycles. The Morgan fingerprint density at radius 3 is 2.11 bits per heavy atom. The van der Waals surface area contributed by atoms with Gasteiger partial charge in [0.15, 0.2) is 0 Å². The van der Waals surface area contributed by atoms with Crippen LogP contribution in [0.1, 0.15) is 50.4 Å². The van der Waals surface area contributed by atoms with Crippen molar-refractivity contribution >= 4 is 23.4 Å². The minimum atomic E-state index is -2.03. The van der Waals surface area contributed by atoms with Crippen LogP contribution in [0, 0.1) is 18.8 Å². The number of fused-ring (bicyclic) bond motifs is 3. The minimum Gasteiger partial charge on any atom is -0.349 e. The minimum absolute atomic E-state index is 0.238. The van der Waals surface area contributed by atoms with E-state index in [-0.39, 0.29) is 11.1 Å². The third-order valence-corrected chi connectivity index (χ3v) is 7.74. The normalized spacial score (nSPS) is 24.9. The predicted molar refractivity (Wildman–Crippen MR) is 131 cm³/mol. The van der Waals surface area contributed by atoms with Crippen molar-refractivity contribution in [1.82, 2.24) is 4.90 Å². The van der Waals surface area contributed by atoms with E-state index in [4.69, 9.17) is 4.74 Å². The van der Waals surface area contributed by atoms with Crippen molar-refractivity contribution in [2.45, 2.75) is 38.0 Å². The molecule has 0 aromatic heterocycles. The summed E-state index contributed by atoms with van der Waals surface area (Å²) >= 11 is 0. The average Bonchev–Trinajstić information content (AvgIpc) is 3.44. The van der Waals surface area contributed by atoms with Gasteiger partial charge >= 0.3 is 0 Å². The number of rotatable bonds is 4. The maximum absolute atomic E-state index is 14.0. The van der Waals surface area contributed by atoms with E-state index in [9.17, 15) is 19.2 Å². The third-order valence-electron chi connectivity index (χ3n) is 7.74. The van der Waals surface area contributed by atoms with E-state index in [1.54, 1.807) is 24.3 Å². The van der Waals surface area contributed by atoms with Gasteiger partial charge in [0.05, 0.1) is 17.9 Å². The lowest BCUT2D eigenvalue weighted by Gasteiger charge is -2.29. The fraction of sp³-hybridized carbons (Fsp3) is 0.267. The van der Waals surface area contributed by atoms with Gasteiger partial charge in [0.2, 0.25) is 29.0 Å². The van der Waals surface area contributed by atoms with Crippen LogP contribution < -0.4 is 0 Å². The molecule has 0 saturated carbocycles. The molecule has 6 heteroatoms. The Labute approximate surface area is 208 Å². The van der Waals surface area contributed by atoms with Crippen LogP contribution in [0.5, 0.6) is 0 Å². The van der Waals surface area contributed by atoms with Gasteiger partial charge in [-0.25, -0.2) is 0 Å². The summed E-state index contributed by atoms with van der Waals surface area (Å²) in [5.41, 5.74) is 1.06. The first-order valence-electron chi connectivity index (χ1n) is 12.2. The molecule has 180 valence electrons. The number of ketones is 2. The Balaban J connectivity index is 1.47. The molecule has 1 aliphatic carbocycles. The van der Waals surface area contributed by atoms with Gasteiger partial charge in [-0.2, -0.15) is 0 Å². The zero-order chi connectivity index (χ0) is 25.2. The summed E-state index contributed by atoms with van der Waals surface area (Å²) in [4.78, 5) is 56.8. The second-order valence-corrected chi connectivity index (χ2v) is 9.98. The molecule has 2 heterocycles.